The van der Waals surface area contributed by atoms with Crippen molar-refractivity contribution in [1.29, 1.82) is 0 Å². The molecule has 1 aromatic carbocycles. The fourth-order valence-corrected chi connectivity index (χ4v) is 5.14. The van der Waals surface area contributed by atoms with Crippen LogP contribution in [0.2, 0.25) is 0 Å². The lowest BCUT2D eigenvalue weighted by Crippen LogP contribution is -2.39. The summed E-state index contributed by atoms with van der Waals surface area (Å²) in [7, 11) is -0.556. The smallest absolute Gasteiger partial charge is 0.439 e. The number of benzene rings is 1. The van der Waals surface area contributed by atoms with Crippen LogP contribution < -0.4 is 20.3 Å². The Hall–Kier alpha value is -4.53. The molecule has 1 aromatic heterocycles. The monoisotopic (exact) mass is 673 g/mol. The predicted octanol–water partition coefficient (Wildman–Crippen LogP) is 4.99. The summed E-state index contributed by atoms with van der Waals surface area (Å²) in [6.07, 6.45) is 5.53. The third-order valence-corrected chi connectivity index (χ3v) is 7.50. The van der Waals surface area contributed by atoms with Gasteiger partial charge in [-0.15, -0.1) is 0 Å². The maximum absolute atomic E-state index is 13.2. The van der Waals surface area contributed by atoms with Crippen LogP contribution in [-0.4, -0.2) is 91.5 Å². The van der Waals surface area contributed by atoms with Crippen molar-refractivity contribution in [2.75, 3.05) is 49.9 Å². The Morgan fingerprint density at radius 3 is 2.53 bits per heavy atom. The van der Waals surface area contributed by atoms with E-state index in [1.54, 1.807) is 56.7 Å². The van der Waals surface area contributed by atoms with Crippen LogP contribution >= 0.6 is 0 Å². The highest BCUT2D eigenvalue weighted by Gasteiger charge is 2.21. The summed E-state index contributed by atoms with van der Waals surface area (Å²) in [5, 5.41) is 9.98. The molecule has 0 saturated heterocycles. The molecule has 0 aliphatic carbocycles. The Balaban J connectivity index is 2.34. The van der Waals surface area contributed by atoms with Crippen molar-refractivity contribution in [3.05, 3.63) is 47.3 Å². The van der Waals surface area contributed by atoms with Gasteiger partial charge in [0.25, 0.3) is 5.91 Å². The van der Waals surface area contributed by atoms with E-state index in [0.29, 0.717) is 53.4 Å². The Kier molecular flexibility index (Phi) is 15.8. The van der Waals surface area contributed by atoms with E-state index >= 15 is 0 Å². The number of hydrogen-bond acceptors (Lipinski definition) is 10. The summed E-state index contributed by atoms with van der Waals surface area (Å²) in [5.74, 6) is 0.624. The number of ether oxygens (including phenoxy) is 3. The summed E-state index contributed by atoms with van der Waals surface area (Å²) in [5.41, 5.74) is 1.73. The van der Waals surface area contributed by atoms with Gasteiger partial charge in [-0.2, -0.15) is 9.46 Å². The van der Waals surface area contributed by atoms with Crippen molar-refractivity contribution in [3.8, 4) is 5.75 Å². The van der Waals surface area contributed by atoms with Crippen molar-refractivity contribution in [2.24, 2.45) is 9.36 Å². The van der Waals surface area contributed by atoms with Crippen molar-refractivity contribution < 1.29 is 33.4 Å². The van der Waals surface area contributed by atoms with Gasteiger partial charge in [0.2, 0.25) is 0 Å². The molecule has 1 unspecified atom stereocenters. The van der Waals surface area contributed by atoms with E-state index in [-0.39, 0.29) is 38.9 Å². The van der Waals surface area contributed by atoms with Crippen LogP contribution in [0.15, 0.2) is 39.7 Å². The number of aromatic nitrogens is 2. The average Bonchev–Trinajstić information content (AvgIpc) is 3.40. The van der Waals surface area contributed by atoms with E-state index in [4.69, 9.17) is 14.2 Å². The SMILES string of the molecule is C=Nc1cc(C=O)cc(OCCCS(C)=NC(=O)OCC)c1N(C/C=C/CNC(=O)OC(C)(C)C)CNC(=O)c1cc(C)nn1CC. The highest BCUT2D eigenvalue weighted by molar-refractivity contribution is 7.86. The number of carbonyl (C=O) groups is 4. The minimum atomic E-state index is -0.624. The molecule has 0 saturated carbocycles. The molecule has 3 amide bonds. The van der Waals surface area contributed by atoms with Crippen molar-refractivity contribution in [1.82, 2.24) is 20.4 Å². The fourth-order valence-electron chi connectivity index (χ4n) is 4.21. The zero-order valence-corrected chi connectivity index (χ0v) is 29.1. The number of carbonyl (C=O) groups excluding carboxylic acids is 4. The second-order valence-electron chi connectivity index (χ2n) is 11.2. The number of nitrogens with one attached hydrogen (secondary N) is 2. The quantitative estimate of drug-likeness (QED) is 0.0774. The maximum atomic E-state index is 13.2. The van der Waals surface area contributed by atoms with Crippen LogP contribution in [0, 0.1) is 6.92 Å². The van der Waals surface area contributed by atoms with Crippen LogP contribution in [0.3, 0.4) is 0 Å². The minimum absolute atomic E-state index is 0.0345. The van der Waals surface area contributed by atoms with Gasteiger partial charge in [-0.1, -0.05) is 22.8 Å². The molecule has 1 atom stereocenters. The lowest BCUT2D eigenvalue weighted by molar-refractivity contribution is 0.0533. The molecular weight excluding hydrogens is 626 g/mol. The molecule has 258 valence electrons. The van der Waals surface area contributed by atoms with Gasteiger partial charge in [0, 0.05) is 31.0 Å². The molecule has 1 heterocycles. The van der Waals surface area contributed by atoms with E-state index in [2.05, 4.69) is 31.8 Å². The highest BCUT2D eigenvalue weighted by Crippen LogP contribution is 2.39. The lowest BCUT2D eigenvalue weighted by atomic mass is 10.1. The van der Waals surface area contributed by atoms with Crippen LogP contribution in [-0.2, 0) is 26.7 Å². The molecule has 0 radical (unpaired) electrons. The van der Waals surface area contributed by atoms with Crippen molar-refractivity contribution in [3.63, 3.8) is 0 Å². The summed E-state index contributed by atoms with van der Waals surface area (Å²) in [6, 6.07) is 4.90. The summed E-state index contributed by atoms with van der Waals surface area (Å²) in [4.78, 5) is 54.8. The number of amides is 3. The molecule has 2 N–H and O–H groups in total. The standard InChI is InChI=1S/C32H47N7O7S/c1-9-39-26(18-23(3)36-39)29(41)35-22-38(15-12-11-14-34-30(42)46-32(4,5)6)28-25(33-7)19-24(21-40)20-27(28)45-16-13-17-47(8)37-31(43)44-10-2/h11-12,18-21H,7,9-10,13-17,22H2,1-6,8H3,(H,34,42)(H,35,41)/b12-11+. The zero-order chi connectivity index (χ0) is 35.0. The largest absolute Gasteiger partial charge is 0.491 e. The van der Waals surface area contributed by atoms with Crippen LogP contribution in [0.4, 0.5) is 21.0 Å². The van der Waals surface area contributed by atoms with E-state index in [0.717, 1.165) is 5.69 Å². The number of aliphatic imine (C=N–C) groups is 1. The summed E-state index contributed by atoms with van der Waals surface area (Å²) >= 11 is 0. The summed E-state index contributed by atoms with van der Waals surface area (Å²) in [6.45, 7) is 16.0. The topological polar surface area (TPSA) is 166 Å². The highest BCUT2D eigenvalue weighted by atomic mass is 32.2. The van der Waals surface area contributed by atoms with E-state index < -0.39 is 28.5 Å². The molecule has 0 aliphatic rings. The van der Waals surface area contributed by atoms with Gasteiger partial charge >= 0.3 is 12.2 Å². The Bertz CT molecular complexity index is 1460. The maximum Gasteiger partial charge on any atom is 0.439 e. The van der Waals surface area contributed by atoms with Gasteiger partial charge in [-0.05, 0) is 79.1 Å². The van der Waals surface area contributed by atoms with E-state index in [1.807, 2.05) is 31.1 Å². The average molecular weight is 674 g/mol. The normalized spacial score (nSPS) is 12.0. The van der Waals surface area contributed by atoms with Crippen LogP contribution in [0.25, 0.3) is 0 Å². The first-order valence-electron chi connectivity index (χ1n) is 15.2. The first kappa shape index (κ1) is 38.7. The minimum Gasteiger partial charge on any atom is -0.491 e. The number of aldehydes is 1. The zero-order valence-electron chi connectivity index (χ0n) is 28.3. The predicted molar refractivity (Wildman–Crippen MR) is 184 cm³/mol. The number of nitrogens with zero attached hydrogens (tertiary/aromatic N) is 5. The Labute approximate surface area is 279 Å². The Morgan fingerprint density at radius 2 is 1.89 bits per heavy atom. The molecule has 2 aromatic rings. The van der Waals surface area contributed by atoms with Gasteiger partial charge in [-0.25, -0.2) is 9.59 Å². The van der Waals surface area contributed by atoms with Gasteiger partial charge in [-0.3, -0.25) is 19.3 Å². The lowest BCUT2D eigenvalue weighted by Gasteiger charge is -2.28. The van der Waals surface area contributed by atoms with Gasteiger partial charge in [0.15, 0.2) is 0 Å². The second-order valence-corrected chi connectivity index (χ2v) is 13.0. The van der Waals surface area contributed by atoms with Crippen LogP contribution in [0.1, 0.15) is 67.6 Å². The third kappa shape index (κ3) is 13.4. The molecular formula is C32H47N7O7S. The van der Waals surface area contributed by atoms with E-state index in [9.17, 15) is 19.2 Å². The van der Waals surface area contributed by atoms with Gasteiger partial charge in [0.1, 0.15) is 29.0 Å². The molecule has 0 bridgehead atoms. The molecule has 0 spiro atoms. The molecule has 0 aliphatic heterocycles. The number of hydrogen-bond donors (Lipinski definition) is 2. The van der Waals surface area contributed by atoms with Crippen molar-refractivity contribution >= 4 is 53.2 Å². The Morgan fingerprint density at radius 1 is 1.15 bits per heavy atom. The molecule has 0 fully saturated rings. The first-order chi connectivity index (χ1) is 22.3. The molecule has 14 nitrogen and oxygen atoms in total. The fraction of sp³-hybridized carbons (Fsp3) is 0.500. The first-order valence-corrected chi connectivity index (χ1v) is 17.0. The molecule has 2 rings (SSSR count). The molecule has 47 heavy (non-hydrogen) atoms. The van der Waals surface area contributed by atoms with Crippen molar-refractivity contribution in [2.45, 2.75) is 60.1 Å². The number of rotatable bonds is 17. The van der Waals surface area contributed by atoms with Gasteiger partial charge in [0.05, 0.1) is 31.3 Å². The molecule has 15 heteroatoms. The number of alkyl carbamates (subject to hydrolysis) is 1. The van der Waals surface area contributed by atoms with Gasteiger partial charge < -0.3 is 29.7 Å². The van der Waals surface area contributed by atoms with E-state index in [1.165, 1.54) is 0 Å². The summed E-state index contributed by atoms with van der Waals surface area (Å²) < 4.78 is 22.0. The second kappa shape index (κ2) is 19.2. The number of anilines is 1. The number of aryl methyl sites for hydroxylation is 2. The van der Waals surface area contributed by atoms with Crippen LogP contribution in [0.5, 0.6) is 5.75 Å². The third-order valence-electron chi connectivity index (χ3n) is 6.16.